The zero-order valence-electron chi connectivity index (χ0n) is 8.52. The van der Waals surface area contributed by atoms with Crippen molar-refractivity contribution in [2.45, 2.75) is 19.5 Å². The molecule has 0 aliphatic rings. The second-order valence-electron chi connectivity index (χ2n) is 3.31. The molecule has 0 spiro atoms. The number of hydrogen-bond acceptors (Lipinski definition) is 2. The average Bonchev–Trinajstić information content (AvgIpc) is 2.66. The zero-order chi connectivity index (χ0) is 12.8. The van der Waals surface area contributed by atoms with Crippen LogP contribution in [0.15, 0.2) is 6.07 Å². The van der Waals surface area contributed by atoms with Crippen LogP contribution in [0, 0.1) is 5.82 Å². The van der Waals surface area contributed by atoms with E-state index in [1.165, 1.54) is 0 Å². The Labute approximate surface area is 98.0 Å². The van der Waals surface area contributed by atoms with E-state index in [0.29, 0.717) is 17.0 Å². The predicted octanol–water partition coefficient (Wildman–Crippen LogP) is 3.10. The molecule has 0 N–H and O–H groups in total. The third-order valence-electron chi connectivity index (χ3n) is 2.17. The van der Waals surface area contributed by atoms with E-state index in [1.54, 1.807) is 6.92 Å². The second-order valence-corrected chi connectivity index (χ2v) is 3.67. The summed E-state index contributed by atoms with van der Waals surface area (Å²) in [6.45, 7) is 1.70. The van der Waals surface area contributed by atoms with Gasteiger partial charge in [-0.2, -0.15) is 17.7 Å². The van der Waals surface area contributed by atoms with Crippen LogP contribution in [0.2, 0.25) is 5.15 Å². The molecule has 92 valence electrons. The molecule has 0 amide bonds. The van der Waals surface area contributed by atoms with Crippen molar-refractivity contribution in [3.8, 4) is 0 Å². The minimum Gasteiger partial charge on any atom is -0.209 e. The standard InChI is InChI=1S/C9H6ClF4N3/c1-2-6-15-8-5(11)3-4(9(12,13)14)7(10)17(8)16-6/h3H,2H2,1H3. The highest BCUT2D eigenvalue weighted by molar-refractivity contribution is 6.30. The first-order chi connectivity index (χ1) is 7.84. The van der Waals surface area contributed by atoms with Gasteiger partial charge < -0.3 is 0 Å². The third kappa shape index (κ3) is 1.95. The fourth-order valence-corrected chi connectivity index (χ4v) is 1.64. The first kappa shape index (κ1) is 12.1. The van der Waals surface area contributed by atoms with Crippen molar-refractivity contribution in [1.82, 2.24) is 14.6 Å². The van der Waals surface area contributed by atoms with Crippen molar-refractivity contribution in [3.05, 3.63) is 28.4 Å². The maximum absolute atomic E-state index is 13.4. The molecule has 0 aliphatic heterocycles. The Kier molecular flexibility index (Phi) is 2.73. The fraction of sp³-hybridized carbons (Fsp3) is 0.333. The summed E-state index contributed by atoms with van der Waals surface area (Å²) in [4.78, 5) is 3.74. The smallest absolute Gasteiger partial charge is 0.209 e. The highest BCUT2D eigenvalue weighted by Crippen LogP contribution is 2.35. The largest absolute Gasteiger partial charge is 0.419 e. The molecule has 0 saturated heterocycles. The lowest BCUT2D eigenvalue weighted by atomic mass is 10.2. The number of aryl methyl sites for hydroxylation is 1. The molecule has 0 radical (unpaired) electrons. The second kappa shape index (κ2) is 3.83. The van der Waals surface area contributed by atoms with Crippen LogP contribution in [0.4, 0.5) is 17.6 Å². The summed E-state index contributed by atoms with van der Waals surface area (Å²) in [5.41, 5.74) is -1.57. The number of halogens is 5. The predicted molar refractivity (Wildman–Crippen MR) is 52.3 cm³/mol. The van der Waals surface area contributed by atoms with Crippen LogP contribution in [0.3, 0.4) is 0 Å². The number of aromatic nitrogens is 3. The van der Waals surface area contributed by atoms with Gasteiger partial charge in [0.2, 0.25) is 0 Å². The molecule has 0 aromatic carbocycles. The molecular formula is C9H6ClF4N3. The lowest BCUT2D eigenvalue weighted by molar-refractivity contribution is -0.138. The number of nitrogens with zero attached hydrogens (tertiary/aromatic N) is 3. The molecule has 17 heavy (non-hydrogen) atoms. The molecule has 0 unspecified atom stereocenters. The number of alkyl halides is 3. The van der Waals surface area contributed by atoms with Crippen LogP contribution >= 0.6 is 11.6 Å². The number of rotatable bonds is 1. The van der Waals surface area contributed by atoms with Crippen LogP contribution in [0.1, 0.15) is 18.3 Å². The van der Waals surface area contributed by atoms with E-state index in [0.717, 1.165) is 0 Å². The highest BCUT2D eigenvalue weighted by Gasteiger charge is 2.36. The van der Waals surface area contributed by atoms with Crippen molar-refractivity contribution in [2.75, 3.05) is 0 Å². The Morgan fingerprint density at radius 1 is 1.41 bits per heavy atom. The van der Waals surface area contributed by atoms with Gasteiger partial charge in [-0.3, -0.25) is 0 Å². The summed E-state index contributed by atoms with van der Waals surface area (Å²) >= 11 is 5.54. The molecular weight excluding hydrogens is 262 g/mol. The molecule has 0 atom stereocenters. The van der Waals surface area contributed by atoms with Gasteiger partial charge in [0.25, 0.3) is 0 Å². The van der Waals surface area contributed by atoms with Crippen molar-refractivity contribution in [3.63, 3.8) is 0 Å². The Morgan fingerprint density at radius 3 is 2.59 bits per heavy atom. The Hall–Kier alpha value is -1.37. The average molecular weight is 268 g/mol. The number of pyridine rings is 1. The molecule has 0 saturated carbocycles. The summed E-state index contributed by atoms with van der Waals surface area (Å²) in [6, 6.07) is 0.325. The summed E-state index contributed by atoms with van der Waals surface area (Å²) in [7, 11) is 0. The van der Waals surface area contributed by atoms with Crippen LogP contribution in [-0.4, -0.2) is 14.6 Å². The van der Waals surface area contributed by atoms with Gasteiger partial charge in [-0.15, -0.1) is 5.10 Å². The van der Waals surface area contributed by atoms with Crippen molar-refractivity contribution in [1.29, 1.82) is 0 Å². The van der Waals surface area contributed by atoms with Gasteiger partial charge in [-0.1, -0.05) is 18.5 Å². The summed E-state index contributed by atoms with van der Waals surface area (Å²) < 4.78 is 51.7. The third-order valence-corrected chi connectivity index (χ3v) is 2.53. The van der Waals surface area contributed by atoms with Gasteiger partial charge in [0, 0.05) is 6.42 Å². The van der Waals surface area contributed by atoms with E-state index in [1.807, 2.05) is 0 Å². The Balaban J connectivity index is 2.79. The Morgan fingerprint density at radius 2 is 2.06 bits per heavy atom. The molecule has 0 fully saturated rings. The maximum Gasteiger partial charge on any atom is 0.419 e. The van der Waals surface area contributed by atoms with Gasteiger partial charge in [-0.25, -0.2) is 9.37 Å². The van der Waals surface area contributed by atoms with Gasteiger partial charge in [-0.05, 0) is 6.07 Å². The van der Waals surface area contributed by atoms with Crippen LogP contribution in [0.25, 0.3) is 5.65 Å². The summed E-state index contributed by atoms with van der Waals surface area (Å²) in [6.07, 6.45) is -4.36. The Bertz CT molecular complexity index is 576. The van der Waals surface area contributed by atoms with Gasteiger partial charge >= 0.3 is 6.18 Å². The molecule has 0 bridgehead atoms. The van der Waals surface area contributed by atoms with Crippen LogP contribution in [0.5, 0.6) is 0 Å². The van der Waals surface area contributed by atoms with Crippen molar-refractivity contribution < 1.29 is 17.6 Å². The normalized spacial score (nSPS) is 12.4. The monoisotopic (exact) mass is 267 g/mol. The molecule has 3 nitrogen and oxygen atoms in total. The van der Waals surface area contributed by atoms with Crippen LogP contribution in [-0.2, 0) is 12.6 Å². The van der Waals surface area contributed by atoms with E-state index in [2.05, 4.69) is 10.1 Å². The molecule has 8 heteroatoms. The molecule has 2 rings (SSSR count). The summed E-state index contributed by atoms with van der Waals surface area (Å²) in [5.74, 6) is -0.876. The van der Waals surface area contributed by atoms with Gasteiger partial charge in [0.05, 0.1) is 5.56 Å². The van der Waals surface area contributed by atoms with Crippen molar-refractivity contribution in [2.24, 2.45) is 0 Å². The van der Waals surface area contributed by atoms with Gasteiger partial charge in [0.1, 0.15) is 5.15 Å². The maximum atomic E-state index is 13.4. The van der Waals surface area contributed by atoms with E-state index in [-0.39, 0.29) is 11.5 Å². The van der Waals surface area contributed by atoms with E-state index in [4.69, 9.17) is 11.6 Å². The van der Waals surface area contributed by atoms with Gasteiger partial charge in [0.15, 0.2) is 17.3 Å². The molecule has 0 aliphatic carbocycles. The number of fused-ring (bicyclic) bond motifs is 1. The van der Waals surface area contributed by atoms with Crippen molar-refractivity contribution >= 4 is 17.2 Å². The first-order valence-corrected chi connectivity index (χ1v) is 5.03. The number of hydrogen-bond donors (Lipinski definition) is 0. The van der Waals surface area contributed by atoms with E-state index < -0.39 is 22.7 Å². The van der Waals surface area contributed by atoms with E-state index >= 15 is 0 Å². The quantitative estimate of drug-likeness (QED) is 0.587. The molecule has 2 aromatic heterocycles. The fourth-order valence-electron chi connectivity index (χ4n) is 1.36. The summed E-state index contributed by atoms with van der Waals surface area (Å²) in [5, 5.41) is 3.01. The SMILES string of the molecule is CCc1nc2c(F)cc(C(F)(F)F)c(Cl)n2n1. The highest BCUT2D eigenvalue weighted by atomic mass is 35.5. The minimum atomic E-state index is -4.73. The lowest BCUT2D eigenvalue weighted by Gasteiger charge is -2.09. The zero-order valence-corrected chi connectivity index (χ0v) is 9.27. The van der Waals surface area contributed by atoms with E-state index in [9.17, 15) is 17.6 Å². The van der Waals surface area contributed by atoms with Crippen LogP contribution < -0.4 is 0 Å². The molecule has 2 aromatic rings. The lowest BCUT2D eigenvalue weighted by Crippen LogP contribution is -2.10. The minimum absolute atomic E-state index is 0.227. The molecule has 2 heterocycles. The first-order valence-electron chi connectivity index (χ1n) is 4.65. The topological polar surface area (TPSA) is 30.2 Å².